The molecule has 3 rings (SSSR count). The predicted octanol–water partition coefficient (Wildman–Crippen LogP) is 4.11. The third kappa shape index (κ3) is 3.52. The van der Waals surface area contributed by atoms with E-state index in [2.05, 4.69) is 0 Å². The molecule has 4 nitrogen and oxygen atoms in total. The van der Waals surface area contributed by atoms with E-state index in [9.17, 15) is 9.18 Å². The third-order valence-electron chi connectivity index (χ3n) is 3.70. The van der Waals surface area contributed by atoms with Crippen LogP contribution in [0.15, 0.2) is 46.9 Å². The minimum Gasteiger partial charge on any atom is -0.493 e. The summed E-state index contributed by atoms with van der Waals surface area (Å²) < 4.78 is 24.3. The maximum atomic E-state index is 13.8. The van der Waals surface area contributed by atoms with Crippen LogP contribution < -0.4 is 9.47 Å². The summed E-state index contributed by atoms with van der Waals surface area (Å²) in [6.07, 6.45) is 1.76. The van der Waals surface area contributed by atoms with Crippen LogP contribution in [0.2, 0.25) is 0 Å². The molecule has 0 bridgehead atoms. The lowest BCUT2D eigenvalue weighted by Gasteiger charge is -2.17. The number of methoxy groups -OCH3 is 1. The van der Waals surface area contributed by atoms with E-state index in [0.29, 0.717) is 33.3 Å². The number of nitrogens with zero attached hydrogens (tertiary/aromatic N) is 1. The normalized spacial score (nSPS) is 14.8. The molecule has 0 N–H and O–H groups in total. The van der Waals surface area contributed by atoms with Crippen molar-refractivity contribution in [2.24, 2.45) is 0 Å². The summed E-state index contributed by atoms with van der Waals surface area (Å²) in [6, 6.07) is 11.6. The molecule has 25 heavy (non-hydrogen) atoms. The highest BCUT2D eigenvalue weighted by Gasteiger charge is 2.24. The van der Waals surface area contributed by atoms with E-state index < -0.39 is 0 Å². The first-order chi connectivity index (χ1) is 12.1. The summed E-state index contributed by atoms with van der Waals surface area (Å²) in [6.45, 7) is -0.0751. The number of thioether (sulfide) groups is 1. The van der Waals surface area contributed by atoms with E-state index in [0.717, 1.165) is 5.56 Å². The van der Waals surface area contributed by atoms with Crippen LogP contribution in [-0.4, -0.2) is 25.3 Å². The number of rotatable bonds is 4. The molecule has 1 heterocycles. The summed E-state index contributed by atoms with van der Waals surface area (Å²) in [7, 11) is 1.51. The van der Waals surface area contributed by atoms with Gasteiger partial charge < -0.3 is 9.47 Å². The quantitative estimate of drug-likeness (QED) is 0.773. The van der Waals surface area contributed by atoms with E-state index in [-0.39, 0.29) is 18.2 Å². The Kier molecular flexibility index (Phi) is 5.05. The second kappa shape index (κ2) is 7.41. The summed E-state index contributed by atoms with van der Waals surface area (Å²) in [5.41, 5.74) is 1.75. The highest BCUT2D eigenvalue weighted by molar-refractivity contribution is 7.99. The summed E-state index contributed by atoms with van der Waals surface area (Å²) in [5.74, 6) is 0.810. The molecule has 1 aliphatic heterocycles. The number of fused-ring (bicyclic) bond motifs is 1. The largest absolute Gasteiger partial charge is 0.493 e. The lowest BCUT2D eigenvalue weighted by Crippen LogP contribution is -2.13. The van der Waals surface area contributed by atoms with Crippen LogP contribution in [0.25, 0.3) is 6.08 Å². The molecule has 0 saturated heterocycles. The zero-order chi connectivity index (χ0) is 17.8. The van der Waals surface area contributed by atoms with Crippen molar-refractivity contribution in [2.45, 2.75) is 4.90 Å². The van der Waals surface area contributed by atoms with Crippen LogP contribution in [0.5, 0.6) is 11.5 Å². The van der Waals surface area contributed by atoms with E-state index in [1.807, 2.05) is 6.07 Å². The number of benzene rings is 2. The molecule has 0 atom stereocenters. The lowest BCUT2D eigenvalue weighted by molar-refractivity contribution is 0.103. The number of carbonyl (C=O) groups is 1. The molecule has 0 saturated carbocycles. The topological polar surface area (TPSA) is 59.3 Å². The van der Waals surface area contributed by atoms with Crippen molar-refractivity contribution in [1.82, 2.24) is 0 Å². The average molecular weight is 355 g/mol. The van der Waals surface area contributed by atoms with Crippen LogP contribution in [-0.2, 0) is 0 Å². The van der Waals surface area contributed by atoms with Gasteiger partial charge in [-0.05, 0) is 35.9 Å². The van der Waals surface area contributed by atoms with Crippen molar-refractivity contribution < 1.29 is 18.7 Å². The fourth-order valence-corrected chi connectivity index (χ4v) is 3.57. The number of hydrogen-bond acceptors (Lipinski definition) is 5. The first-order valence-corrected chi connectivity index (χ1v) is 8.47. The van der Waals surface area contributed by atoms with Crippen molar-refractivity contribution in [1.29, 1.82) is 5.26 Å². The Morgan fingerprint density at radius 3 is 2.92 bits per heavy atom. The Hall–Kier alpha value is -2.78. The van der Waals surface area contributed by atoms with E-state index in [1.165, 1.54) is 24.9 Å². The molecule has 0 amide bonds. The molecular weight excluding hydrogens is 341 g/mol. The first kappa shape index (κ1) is 17.1. The van der Waals surface area contributed by atoms with Gasteiger partial charge in [-0.15, -0.1) is 11.8 Å². The van der Waals surface area contributed by atoms with Crippen molar-refractivity contribution >= 4 is 23.6 Å². The summed E-state index contributed by atoms with van der Waals surface area (Å²) in [5, 5.41) is 8.60. The van der Waals surface area contributed by atoms with Gasteiger partial charge in [0.05, 0.1) is 12.0 Å². The number of halogens is 1. The fraction of sp³-hybridized carbons (Fsp3) is 0.158. The third-order valence-corrected chi connectivity index (χ3v) is 4.86. The number of hydrogen-bond donors (Lipinski definition) is 0. The van der Waals surface area contributed by atoms with Gasteiger partial charge in [0.1, 0.15) is 11.9 Å². The maximum Gasteiger partial charge on any atom is 0.191 e. The molecular formula is C19H14FNO3S. The molecule has 0 spiro atoms. The number of Topliss-reactive ketones (excluding diaryl/α,β-unsaturated/α-hetero) is 1. The van der Waals surface area contributed by atoms with Gasteiger partial charge in [-0.2, -0.15) is 5.26 Å². The SMILES string of the molecule is COc1cc(/C=C2\CSc3c(F)cccc3C2=O)ccc1OCC#N. The number of ether oxygens (including phenoxy) is 2. The monoisotopic (exact) mass is 355 g/mol. The number of ketones is 1. The fourth-order valence-electron chi connectivity index (χ4n) is 2.53. The van der Waals surface area contributed by atoms with Crippen molar-refractivity contribution in [2.75, 3.05) is 19.5 Å². The molecule has 126 valence electrons. The maximum absolute atomic E-state index is 13.8. The molecule has 0 radical (unpaired) electrons. The highest BCUT2D eigenvalue weighted by Crippen LogP contribution is 2.36. The van der Waals surface area contributed by atoms with Gasteiger partial charge in [-0.25, -0.2) is 4.39 Å². The second-order valence-electron chi connectivity index (χ2n) is 5.26. The first-order valence-electron chi connectivity index (χ1n) is 7.48. The Morgan fingerprint density at radius 2 is 2.16 bits per heavy atom. The van der Waals surface area contributed by atoms with Crippen LogP contribution in [0, 0.1) is 17.1 Å². The second-order valence-corrected chi connectivity index (χ2v) is 6.25. The molecule has 2 aromatic rings. The molecule has 0 aromatic heterocycles. The number of nitriles is 1. The molecule has 0 aliphatic carbocycles. The highest BCUT2D eigenvalue weighted by atomic mass is 32.2. The van der Waals surface area contributed by atoms with Gasteiger partial charge in [-0.1, -0.05) is 12.1 Å². The Balaban J connectivity index is 1.91. The Bertz CT molecular complexity index is 902. The molecule has 0 unspecified atom stereocenters. The molecule has 6 heteroatoms. The number of carbonyl (C=O) groups excluding carboxylic acids is 1. The predicted molar refractivity (Wildman–Crippen MR) is 93.5 cm³/mol. The van der Waals surface area contributed by atoms with Gasteiger partial charge >= 0.3 is 0 Å². The zero-order valence-corrected chi connectivity index (χ0v) is 14.2. The Morgan fingerprint density at radius 1 is 1.32 bits per heavy atom. The summed E-state index contributed by atoms with van der Waals surface area (Å²) >= 11 is 1.31. The molecule has 1 aliphatic rings. The van der Waals surface area contributed by atoms with Gasteiger partial charge in [0.2, 0.25) is 0 Å². The van der Waals surface area contributed by atoms with Crippen molar-refractivity contribution in [3.63, 3.8) is 0 Å². The minimum atomic E-state index is -0.365. The minimum absolute atomic E-state index is 0.0751. The van der Waals surface area contributed by atoms with Crippen LogP contribution >= 0.6 is 11.8 Å². The molecule has 0 fully saturated rings. The standard InChI is InChI=1S/C19H14FNO3S/c1-23-17-10-12(5-6-16(17)24-8-7-21)9-13-11-25-19-14(18(13)22)3-2-4-15(19)20/h2-6,9-10H,8,11H2,1H3/b13-9+. The van der Waals surface area contributed by atoms with Crippen LogP contribution in [0.3, 0.4) is 0 Å². The van der Waals surface area contributed by atoms with Gasteiger partial charge in [0.15, 0.2) is 23.9 Å². The van der Waals surface area contributed by atoms with Gasteiger partial charge in [0, 0.05) is 16.9 Å². The van der Waals surface area contributed by atoms with Crippen molar-refractivity contribution in [3.05, 3.63) is 58.9 Å². The van der Waals surface area contributed by atoms with E-state index >= 15 is 0 Å². The zero-order valence-electron chi connectivity index (χ0n) is 13.4. The van der Waals surface area contributed by atoms with E-state index in [1.54, 1.807) is 36.4 Å². The smallest absolute Gasteiger partial charge is 0.191 e. The average Bonchev–Trinajstić information content (AvgIpc) is 2.63. The van der Waals surface area contributed by atoms with Crippen LogP contribution in [0.4, 0.5) is 4.39 Å². The van der Waals surface area contributed by atoms with Crippen molar-refractivity contribution in [3.8, 4) is 17.6 Å². The van der Waals surface area contributed by atoms with E-state index in [4.69, 9.17) is 14.7 Å². The Labute approximate surface area is 148 Å². The summed E-state index contributed by atoms with van der Waals surface area (Å²) in [4.78, 5) is 13.0. The van der Waals surface area contributed by atoms with Crippen LogP contribution in [0.1, 0.15) is 15.9 Å². The molecule has 2 aromatic carbocycles. The van der Waals surface area contributed by atoms with Gasteiger partial charge in [0.25, 0.3) is 0 Å². The van der Waals surface area contributed by atoms with Gasteiger partial charge in [-0.3, -0.25) is 4.79 Å². The lowest BCUT2D eigenvalue weighted by atomic mass is 10.0.